The Bertz CT molecular complexity index is 941. The van der Waals surface area contributed by atoms with E-state index in [0.717, 1.165) is 6.07 Å². The highest BCUT2D eigenvalue weighted by Crippen LogP contribution is 2.29. The van der Waals surface area contributed by atoms with Gasteiger partial charge in [0.05, 0.1) is 22.0 Å². The highest BCUT2D eigenvalue weighted by Gasteiger charge is 2.27. The van der Waals surface area contributed by atoms with Crippen molar-refractivity contribution in [2.24, 2.45) is 5.10 Å². The second-order valence-electron chi connectivity index (χ2n) is 5.55. The smallest absolute Gasteiger partial charge is 0.270 e. The number of hydrogen-bond acceptors (Lipinski definition) is 7. The third kappa shape index (κ3) is 4.66. The average molecular weight is 391 g/mol. The maximum atomic E-state index is 12.9. The fourth-order valence-electron chi connectivity index (χ4n) is 2.41. The van der Waals surface area contributed by atoms with Gasteiger partial charge in [0.2, 0.25) is 10.0 Å². The number of nitro benzene ring substituents is 1. The number of sulfonamides is 1. The van der Waals surface area contributed by atoms with E-state index in [-0.39, 0.29) is 29.4 Å². The van der Waals surface area contributed by atoms with Crippen LogP contribution in [-0.2, 0) is 10.0 Å². The molecule has 0 atom stereocenters. The number of rotatable bonds is 8. The SMILES string of the molecule is CCN(CC)S(=O)(=O)c1cc([N+](=O)[O-])ccc1N/N=C(/C)c1ccccn1. The van der Waals surface area contributed by atoms with Crippen molar-refractivity contribution < 1.29 is 13.3 Å². The zero-order chi connectivity index (χ0) is 20.0. The fraction of sp³-hybridized carbons (Fsp3) is 0.294. The van der Waals surface area contributed by atoms with Crippen LogP contribution in [0.1, 0.15) is 26.5 Å². The highest BCUT2D eigenvalue weighted by molar-refractivity contribution is 7.89. The number of anilines is 1. The van der Waals surface area contributed by atoms with Gasteiger partial charge in [-0.15, -0.1) is 0 Å². The van der Waals surface area contributed by atoms with Gasteiger partial charge in [-0.25, -0.2) is 8.42 Å². The molecule has 0 aliphatic heterocycles. The summed E-state index contributed by atoms with van der Waals surface area (Å²) in [5.74, 6) is 0. The third-order valence-electron chi connectivity index (χ3n) is 3.88. The lowest BCUT2D eigenvalue weighted by molar-refractivity contribution is -0.385. The molecule has 0 aliphatic rings. The molecule has 9 nitrogen and oxygen atoms in total. The number of non-ortho nitro benzene ring substituents is 1. The van der Waals surface area contributed by atoms with Crippen LogP contribution in [0.3, 0.4) is 0 Å². The molecular formula is C17H21N5O4S. The van der Waals surface area contributed by atoms with Crippen molar-refractivity contribution >= 4 is 27.1 Å². The van der Waals surface area contributed by atoms with Crippen molar-refractivity contribution in [3.8, 4) is 0 Å². The maximum absolute atomic E-state index is 12.9. The van der Waals surface area contributed by atoms with E-state index in [1.807, 2.05) is 6.07 Å². The summed E-state index contributed by atoms with van der Waals surface area (Å²) in [6.45, 7) is 5.62. The van der Waals surface area contributed by atoms with E-state index in [1.54, 1.807) is 39.1 Å². The summed E-state index contributed by atoms with van der Waals surface area (Å²) in [6.07, 6.45) is 1.62. The highest BCUT2D eigenvalue weighted by atomic mass is 32.2. The van der Waals surface area contributed by atoms with Crippen LogP contribution >= 0.6 is 0 Å². The number of nitrogens with zero attached hydrogens (tertiary/aromatic N) is 4. The van der Waals surface area contributed by atoms with Gasteiger partial charge in [-0.1, -0.05) is 19.9 Å². The molecule has 1 heterocycles. The van der Waals surface area contributed by atoms with Crippen molar-refractivity contribution in [2.45, 2.75) is 25.7 Å². The number of aromatic nitrogens is 1. The standard InChI is InChI=1S/C17H21N5O4S/c1-4-21(5-2)27(25,26)17-12-14(22(23)24)9-10-16(17)20-19-13(3)15-8-6-7-11-18-15/h6-12,20H,4-5H2,1-3H3/b19-13-. The monoisotopic (exact) mass is 391 g/mol. The van der Waals surface area contributed by atoms with Crippen LogP contribution in [0, 0.1) is 10.1 Å². The molecule has 1 aromatic heterocycles. The lowest BCUT2D eigenvalue weighted by Crippen LogP contribution is -2.31. The normalized spacial score (nSPS) is 12.2. The summed E-state index contributed by atoms with van der Waals surface area (Å²) in [7, 11) is -3.92. The molecule has 2 aromatic rings. The first-order valence-corrected chi connectivity index (χ1v) is 9.75. The minimum Gasteiger partial charge on any atom is -0.277 e. The molecule has 10 heteroatoms. The van der Waals surface area contributed by atoms with Crippen molar-refractivity contribution in [3.05, 3.63) is 58.4 Å². The zero-order valence-electron chi connectivity index (χ0n) is 15.3. The van der Waals surface area contributed by atoms with E-state index in [2.05, 4.69) is 15.5 Å². The first kappa shape index (κ1) is 20.5. The Morgan fingerprint density at radius 2 is 1.96 bits per heavy atom. The molecule has 144 valence electrons. The van der Waals surface area contributed by atoms with E-state index >= 15 is 0 Å². The molecule has 0 saturated heterocycles. The van der Waals surface area contributed by atoms with E-state index in [4.69, 9.17) is 0 Å². The minimum atomic E-state index is -3.92. The second-order valence-corrected chi connectivity index (χ2v) is 7.46. The van der Waals surface area contributed by atoms with Crippen molar-refractivity contribution in [3.63, 3.8) is 0 Å². The summed E-state index contributed by atoms with van der Waals surface area (Å²) in [6, 6.07) is 8.96. The Morgan fingerprint density at radius 1 is 1.26 bits per heavy atom. The van der Waals surface area contributed by atoms with E-state index in [0.29, 0.717) is 11.4 Å². The lowest BCUT2D eigenvalue weighted by Gasteiger charge is -2.20. The molecule has 1 aromatic carbocycles. The molecule has 0 unspecified atom stereocenters. The number of nitrogens with one attached hydrogen (secondary N) is 1. The summed E-state index contributed by atoms with van der Waals surface area (Å²) in [5.41, 5.74) is 3.72. The number of hydrazone groups is 1. The Balaban J connectivity index is 2.49. The molecule has 2 rings (SSSR count). The topological polar surface area (TPSA) is 118 Å². The molecule has 0 radical (unpaired) electrons. The van der Waals surface area contributed by atoms with Crippen LogP contribution in [0.2, 0.25) is 0 Å². The van der Waals surface area contributed by atoms with Gasteiger partial charge >= 0.3 is 0 Å². The lowest BCUT2D eigenvalue weighted by atomic mass is 10.2. The first-order valence-electron chi connectivity index (χ1n) is 8.31. The van der Waals surface area contributed by atoms with Gasteiger partial charge in [-0.05, 0) is 25.1 Å². The molecule has 0 saturated carbocycles. The van der Waals surface area contributed by atoms with Crippen LogP contribution < -0.4 is 5.43 Å². The van der Waals surface area contributed by atoms with Gasteiger partial charge in [-0.3, -0.25) is 20.5 Å². The van der Waals surface area contributed by atoms with Gasteiger partial charge in [-0.2, -0.15) is 9.41 Å². The number of pyridine rings is 1. The molecule has 0 amide bonds. The average Bonchev–Trinajstić information content (AvgIpc) is 2.67. The molecule has 0 fully saturated rings. The summed E-state index contributed by atoms with van der Waals surface area (Å²) < 4.78 is 27.0. The number of hydrogen-bond donors (Lipinski definition) is 1. The Kier molecular flexibility index (Phi) is 6.59. The van der Waals surface area contributed by atoms with Crippen molar-refractivity contribution in [1.82, 2.24) is 9.29 Å². The zero-order valence-corrected chi connectivity index (χ0v) is 16.1. The van der Waals surface area contributed by atoms with E-state index in [9.17, 15) is 18.5 Å². The Morgan fingerprint density at radius 3 is 2.52 bits per heavy atom. The van der Waals surface area contributed by atoms with Gasteiger partial charge in [0, 0.05) is 31.4 Å². The van der Waals surface area contributed by atoms with E-state index < -0.39 is 14.9 Å². The maximum Gasteiger partial charge on any atom is 0.270 e. The first-order chi connectivity index (χ1) is 12.8. The second kappa shape index (κ2) is 8.69. The predicted octanol–water partition coefficient (Wildman–Crippen LogP) is 2.86. The minimum absolute atomic E-state index is 0.155. The van der Waals surface area contributed by atoms with Gasteiger partial charge in [0.1, 0.15) is 4.90 Å². The van der Waals surface area contributed by atoms with Gasteiger partial charge in [0.25, 0.3) is 5.69 Å². The van der Waals surface area contributed by atoms with Crippen molar-refractivity contribution in [1.29, 1.82) is 0 Å². The van der Waals surface area contributed by atoms with Gasteiger partial charge < -0.3 is 0 Å². The van der Waals surface area contributed by atoms with E-state index in [1.165, 1.54) is 16.4 Å². The molecular weight excluding hydrogens is 370 g/mol. The van der Waals surface area contributed by atoms with Gasteiger partial charge in [0.15, 0.2) is 0 Å². The summed E-state index contributed by atoms with van der Waals surface area (Å²) >= 11 is 0. The van der Waals surface area contributed by atoms with Crippen LogP contribution in [-0.4, -0.2) is 41.4 Å². The number of benzene rings is 1. The number of nitro groups is 1. The van der Waals surface area contributed by atoms with Crippen LogP contribution in [0.25, 0.3) is 0 Å². The Hall–Kier alpha value is -2.85. The van der Waals surface area contributed by atoms with Crippen LogP contribution in [0.5, 0.6) is 0 Å². The van der Waals surface area contributed by atoms with Crippen LogP contribution in [0.4, 0.5) is 11.4 Å². The molecule has 27 heavy (non-hydrogen) atoms. The fourth-order valence-corrected chi connectivity index (χ4v) is 4.03. The Labute approximate surface area is 157 Å². The largest absolute Gasteiger partial charge is 0.277 e. The molecule has 0 aliphatic carbocycles. The molecule has 0 bridgehead atoms. The van der Waals surface area contributed by atoms with Crippen LogP contribution in [0.15, 0.2) is 52.6 Å². The van der Waals surface area contributed by atoms with Crippen molar-refractivity contribution in [2.75, 3.05) is 18.5 Å². The third-order valence-corrected chi connectivity index (χ3v) is 5.97. The summed E-state index contributed by atoms with van der Waals surface area (Å²) in [5, 5.41) is 15.3. The molecule has 0 spiro atoms. The summed E-state index contributed by atoms with van der Waals surface area (Å²) in [4.78, 5) is 14.4. The molecule has 1 N–H and O–H groups in total. The predicted molar refractivity (Wildman–Crippen MR) is 103 cm³/mol. The quantitative estimate of drug-likeness (QED) is 0.420.